The molecule has 0 amide bonds. The molecule has 0 aliphatic heterocycles. The summed E-state index contributed by atoms with van der Waals surface area (Å²) >= 11 is 0. The van der Waals surface area contributed by atoms with Gasteiger partial charge in [0.25, 0.3) is 0 Å². The molecule has 17 heavy (non-hydrogen) atoms. The van der Waals surface area contributed by atoms with Crippen LogP contribution >= 0.6 is 0 Å². The number of hydrogen-bond acceptors (Lipinski definition) is 3. The summed E-state index contributed by atoms with van der Waals surface area (Å²) in [7, 11) is 0. The van der Waals surface area contributed by atoms with Gasteiger partial charge in [-0.25, -0.2) is 0 Å². The zero-order valence-corrected chi connectivity index (χ0v) is 9.92. The lowest BCUT2D eigenvalue weighted by atomic mass is 9.93. The highest BCUT2D eigenvalue weighted by Gasteiger charge is 2.44. The highest BCUT2D eigenvalue weighted by molar-refractivity contribution is 4.86. The first-order valence-electron chi connectivity index (χ1n) is 6.14. The summed E-state index contributed by atoms with van der Waals surface area (Å²) in [6.45, 7) is -0.658. The van der Waals surface area contributed by atoms with Gasteiger partial charge in [0.05, 0.1) is 6.61 Å². The quantitative estimate of drug-likeness (QED) is 0.781. The predicted octanol–water partition coefficient (Wildman–Crippen LogP) is 1.50. The van der Waals surface area contributed by atoms with Crippen LogP contribution in [0.25, 0.3) is 0 Å². The highest BCUT2D eigenvalue weighted by atomic mass is 19.4. The molecule has 1 aliphatic carbocycles. The van der Waals surface area contributed by atoms with Gasteiger partial charge in [-0.05, 0) is 12.8 Å². The van der Waals surface area contributed by atoms with Gasteiger partial charge in [-0.3, -0.25) is 4.90 Å². The van der Waals surface area contributed by atoms with Crippen molar-refractivity contribution in [2.45, 2.75) is 50.4 Å². The van der Waals surface area contributed by atoms with Gasteiger partial charge in [0, 0.05) is 19.1 Å². The van der Waals surface area contributed by atoms with E-state index in [9.17, 15) is 13.2 Å². The van der Waals surface area contributed by atoms with E-state index in [2.05, 4.69) is 0 Å². The maximum absolute atomic E-state index is 12.8. The fourth-order valence-electron chi connectivity index (χ4n) is 2.58. The van der Waals surface area contributed by atoms with Crippen molar-refractivity contribution in [2.75, 3.05) is 19.7 Å². The summed E-state index contributed by atoms with van der Waals surface area (Å²) in [5.74, 6) is 0. The van der Waals surface area contributed by atoms with Crippen LogP contribution in [0, 0.1) is 0 Å². The fourth-order valence-corrected chi connectivity index (χ4v) is 2.58. The molecule has 1 rings (SSSR count). The van der Waals surface area contributed by atoms with E-state index in [-0.39, 0.29) is 19.2 Å². The van der Waals surface area contributed by atoms with Crippen LogP contribution in [-0.2, 0) is 0 Å². The van der Waals surface area contributed by atoms with Gasteiger partial charge < -0.3 is 10.8 Å². The first-order valence-corrected chi connectivity index (χ1v) is 6.14. The molecule has 0 heterocycles. The summed E-state index contributed by atoms with van der Waals surface area (Å²) in [5, 5.41) is 8.93. The Bertz CT molecular complexity index is 217. The minimum atomic E-state index is -4.32. The van der Waals surface area contributed by atoms with Crippen LogP contribution < -0.4 is 5.73 Å². The Kier molecular flexibility index (Phi) is 5.69. The molecule has 0 bridgehead atoms. The third-order valence-corrected chi connectivity index (χ3v) is 3.40. The second-order valence-electron chi connectivity index (χ2n) is 4.55. The number of aliphatic hydroxyl groups is 1. The van der Waals surface area contributed by atoms with Gasteiger partial charge in [0.1, 0.15) is 6.04 Å². The number of nitrogens with zero attached hydrogens (tertiary/aromatic N) is 1. The molecule has 1 saturated carbocycles. The van der Waals surface area contributed by atoms with Crippen LogP contribution in [0.15, 0.2) is 0 Å². The van der Waals surface area contributed by atoms with Crippen molar-refractivity contribution < 1.29 is 18.3 Å². The standard InChI is InChI=1S/C11H21F3N2O/c12-11(13,14)10(8-15)16(6-7-17)9-4-2-1-3-5-9/h9-10,17H,1-8,15H2. The summed E-state index contributed by atoms with van der Waals surface area (Å²) in [4.78, 5) is 1.35. The van der Waals surface area contributed by atoms with Crippen LogP contribution in [0.5, 0.6) is 0 Å². The molecule has 0 aromatic heterocycles. The molecule has 102 valence electrons. The van der Waals surface area contributed by atoms with E-state index in [1.807, 2.05) is 0 Å². The highest BCUT2D eigenvalue weighted by Crippen LogP contribution is 2.30. The number of halogens is 3. The van der Waals surface area contributed by atoms with E-state index in [0.717, 1.165) is 32.1 Å². The lowest BCUT2D eigenvalue weighted by Gasteiger charge is -2.39. The monoisotopic (exact) mass is 254 g/mol. The van der Waals surface area contributed by atoms with Gasteiger partial charge in [0.2, 0.25) is 0 Å². The Balaban J connectivity index is 2.74. The average Bonchev–Trinajstić information content (AvgIpc) is 2.28. The predicted molar refractivity (Wildman–Crippen MR) is 59.6 cm³/mol. The van der Waals surface area contributed by atoms with E-state index in [0.29, 0.717) is 0 Å². The van der Waals surface area contributed by atoms with E-state index in [1.54, 1.807) is 0 Å². The van der Waals surface area contributed by atoms with Crippen molar-refractivity contribution in [3.8, 4) is 0 Å². The van der Waals surface area contributed by atoms with Gasteiger partial charge in [-0.15, -0.1) is 0 Å². The van der Waals surface area contributed by atoms with Crippen LogP contribution in [0.3, 0.4) is 0 Å². The largest absolute Gasteiger partial charge is 0.405 e. The van der Waals surface area contributed by atoms with E-state index in [4.69, 9.17) is 10.8 Å². The van der Waals surface area contributed by atoms with Crippen LogP contribution in [0.4, 0.5) is 13.2 Å². The second-order valence-corrected chi connectivity index (χ2v) is 4.55. The maximum Gasteiger partial charge on any atom is 0.405 e. The molecule has 1 unspecified atom stereocenters. The minimum Gasteiger partial charge on any atom is -0.395 e. The average molecular weight is 254 g/mol. The fraction of sp³-hybridized carbons (Fsp3) is 1.00. The molecule has 3 N–H and O–H groups in total. The van der Waals surface area contributed by atoms with Crippen LogP contribution in [0.1, 0.15) is 32.1 Å². The van der Waals surface area contributed by atoms with Gasteiger partial charge in [0.15, 0.2) is 0 Å². The Morgan fingerprint density at radius 3 is 2.24 bits per heavy atom. The Hall–Kier alpha value is -0.330. The molecule has 0 aromatic rings. The van der Waals surface area contributed by atoms with Gasteiger partial charge >= 0.3 is 6.18 Å². The van der Waals surface area contributed by atoms with Crippen molar-refractivity contribution in [3.05, 3.63) is 0 Å². The number of alkyl halides is 3. The van der Waals surface area contributed by atoms with E-state index >= 15 is 0 Å². The molecule has 0 aromatic carbocycles. The summed E-state index contributed by atoms with van der Waals surface area (Å²) in [5.41, 5.74) is 5.25. The van der Waals surface area contributed by atoms with E-state index < -0.39 is 18.8 Å². The zero-order chi connectivity index (χ0) is 12.9. The molecule has 0 saturated heterocycles. The number of aliphatic hydroxyl groups excluding tert-OH is 1. The zero-order valence-electron chi connectivity index (χ0n) is 9.92. The molecular formula is C11H21F3N2O. The molecule has 1 aliphatic rings. The summed E-state index contributed by atoms with van der Waals surface area (Å²) < 4.78 is 38.5. The first kappa shape index (κ1) is 14.7. The second kappa shape index (κ2) is 6.56. The summed E-state index contributed by atoms with van der Waals surface area (Å²) in [6.07, 6.45) is 0.229. The maximum atomic E-state index is 12.8. The van der Waals surface area contributed by atoms with Crippen molar-refractivity contribution in [2.24, 2.45) is 5.73 Å². The lowest BCUT2D eigenvalue weighted by Crippen LogP contribution is -2.55. The molecule has 3 nitrogen and oxygen atoms in total. The molecule has 6 heteroatoms. The SMILES string of the molecule is NCC(N(CCO)C1CCCCC1)C(F)(F)F. The normalized spacial score (nSPS) is 20.8. The van der Waals surface area contributed by atoms with Crippen molar-refractivity contribution in [1.82, 2.24) is 4.90 Å². The van der Waals surface area contributed by atoms with Crippen molar-refractivity contribution >= 4 is 0 Å². The number of nitrogens with two attached hydrogens (primary N) is 1. The van der Waals surface area contributed by atoms with Gasteiger partial charge in [-0.1, -0.05) is 19.3 Å². The van der Waals surface area contributed by atoms with Crippen molar-refractivity contribution in [3.63, 3.8) is 0 Å². The molecule has 0 spiro atoms. The molecule has 1 fully saturated rings. The third-order valence-electron chi connectivity index (χ3n) is 3.40. The third kappa shape index (κ3) is 4.12. The van der Waals surface area contributed by atoms with Gasteiger partial charge in [-0.2, -0.15) is 13.2 Å². The molecule has 0 radical (unpaired) electrons. The Labute approximate surface area is 99.8 Å². The van der Waals surface area contributed by atoms with Crippen LogP contribution in [-0.4, -0.2) is 48.0 Å². The smallest absolute Gasteiger partial charge is 0.395 e. The first-order chi connectivity index (χ1) is 8.00. The number of rotatable bonds is 5. The van der Waals surface area contributed by atoms with Crippen molar-refractivity contribution in [1.29, 1.82) is 0 Å². The van der Waals surface area contributed by atoms with E-state index in [1.165, 1.54) is 4.90 Å². The Morgan fingerprint density at radius 2 is 1.82 bits per heavy atom. The molecule has 1 atom stereocenters. The topological polar surface area (TPSA) is 49.5 Å². The lowest BCUT2D eigenvalue weighted by molar-refractivity contribution is -0.189. The number of hydrogen-bond donors (Lipinski definition) is 2. The Morgan fingerprint density at radius 1 is 1.24 bits per heavy atom. The molecular weight excluding hydrogens is 233 g/mol. The minimum absolute atomic E-state index is 0.0477. The van der Waals surface area contributed by atoms with Crippen LogP contribution in [0.2, 0.25) is 0 Å². The summed E-state index contributed by atoms with van der Waals surface area (Å²) in [6, 6.07) is -1.72.